The molecule has 0 radical (unpaired) electrons. The summed E-state index contributed by atoms with van der Waals surface area (Å²) in [6, 6.07) is 6.31. The lowest BCUT2D eigenvalue weighted by atomic mass is 10.0. The maximum atomic E-state index is 5.01. The highest BCUT2D eigenvalue weighted by Crippen LogP contribution is 2.31. The Morgan fingerprint density at radius 1 is 1.62 bits per heavy atom. The fourth-order valence-corrected chi connectivity index (χ4v) is 1.75. The Kier molecular flexibility index (Phi) is 2.20. The molecule has 0 bridgehead atoms. The van der Waals surface area contributed by atoms with Crippen LogP contribution in [0.25, 0.3) is 0 Å². The minimum Gasteiger partial charge on any atom is -0.384 e. The maximum absolute atomic E-state index is 5.01. The zero-order valence-electron chi connectivity index (χ0n) is 7.71. The first-order chi connectivity index (χ1) is 6.31. The smallest absolute Gasteiger partial charge is 0.0930 e. The van der Waals surface area contributed by atoms with E-state index in [9.17, 15) is 0 Å². The van der Waals surface area contributed by atoms with Gasteiger partial charge in [0.2, 0.25) is 0 Å². The largest absolute Gasteiger partial charge is 0.384 e. The van der Waals surface area contributed by atoms with Gasteiger partial charge < -0.3 is 5.32 Å². The van der Waals surface area contributed by atoms with Crippen molar-refractivity contribution in [3.63, 3.8) is 0 Å². The second-order valence-corrected chi connectivity index (χ2v) is 3.51. The molecule has 1 aromatic rings. The molecule has 0 aliphatic carbocycles. The Labute approximate surface area is 77.8 Å². The highest BCUT2D eigenvalue weighted by molar-refractivity contribution is 5.58. The van der Waals surface area contributed by atoms with Gasteiger partial charge in [0.05, 0.1) is 6.61 Å². The van der Waals surface area contributed by atoms with Crippen LogP contribution in [0.4, 0.5) is 5.69 Å². The van der Waals surface area contributed by atoms with Crippen LogP contribution in [0.1, 0.15) is 24.0 Å². The average Bonchev–Trinajstić information content (AvgIpc) is 2.48. The minimum absolute atomic E-state index is 0.476. The third-order valence-electron chi connectivity index (χ3n) is 2.50. The number of nitrogens with two attached hydrogens (primary N) is 1. The van der Waals surface area contributed by atoms with Crippen LogP contribution in [0, 0.1) is 0 Å². The van der Waals surface area contributed by atoms with E-state index in [0.29, 0.717) is 12.5 Å². The summed E-state index contributed by atoms with van der Waals surface area (Å²) < 4.78 is 0. The molecule has 1 atom stereocenters. The van der Waals surface area contributed by atoms with Crippen LogP contribution in [-0.2, 0) is 11.4 Å². The van der Waals surface area contributed by atoms with Crippen molar-refractivity contribution in [1.82, 2.24) is 0 Å². The van der Waals surface area contributed by atoms with E-state index < -0.39 is 0 Å². The van der Waals surface area contributed by atoms with E-state index in [1.807, 2.05) is 0 Å². The molecule has 1 aliphatic rings. The first-order valence-electron chi connectivity index (χ1n) is 4.49. The van der Waals surface area contributed by atoms with E-state index in [-0.39, 0.29) is 0 Å². The molecule has 3 nitrogen and oxygen atoms in total. The lowest BCUT2D eigenvalue weighted by Gasteiger charge is -2.04. The number of benzene rings is 1. The number of rotatable bonds is 2. The van der Waals surface area contributed by atoms with Crippen molar-refractivity contribution in [3.8, 4) is 0 Å². The molecule has 1 aliphatic heterocycles. The maximum Gasteiger partial charge on any atom is 0.0930 e. The Bertz CT molecular complexity index is 312. The van der Waals surface area contributed by atoms with Crippen LogP contribution in [0.15, 0.2) is 18.2 Å². The van der Waals surface area contributed by atoms with Crippen LogP contribution in [0.3, 0.4) is 0 Å². The van der Waals surface area contributed by atoms with Gasteiger partial charge in [-0.15, -0.1) is 0 Å². The van der Waals surface area contributed by atoms with Gasteiger partial charge in [-0.25, -0.2) is 5.90 Å². The van der Waals surface area contributed by atoms with Gasteiger partial charge in [0.1, 0.15) is 0 Å². The number of fused-ring (bicyclic) bond motifs is 1. The quantitative estimate of drug-likeness (QED) is 0.676. The van der Waals surface area contributed by atoms with Crippen molar-refractivity contribution in [1.29, 1.82) is 0 Å². The molecule has 3 heteroatoms. The van der Waals surface area contributed by atoms with Crippen molar-refractivity contribution in [2.45, 2.75) is 19.4 Å². The second-order valence-electron chi connectivity index (χ2n) is 3.51. The Morgan fingerprint density at radius 3 is 3.23 bits per heavy atom. The van der Waals surface area contributed by atoms with E-state index in [2.05, 4.69) is 35.3 Å². The predicted molar refractivity (Wildman–Crippen MR) is 52.3 cm³/mol. The van der Waals surface area contributed by atoms with Crippen LogP contribution in [0.5, 0.6) is 0 Å². The van der Waals surface area contributed by atoms with Crippen molar-refractivity contribution in [3.05, 3.63) is 29.3 Å². The molecule has 3 N–H and O–H groups in total. The summed E-state index contributed by atoms with van der Waals surface area (Å²) in [5.74, 6) is 5.63. The third kappa shape index (κ3) is 1.53. The second kappa shape index (κ2) is 3.36. The SMILES string of the molecule is CC1CNc2cc(CON)ccc21. The Hall–Kier alpha value is -1.06. The van der Waals surface area contributed by atoms with Crippen LogP contribution in [-0.4, -0.2) is 6.54 Å². The lowest BCUT2D eigenvalue weighted by molar-refractivity contribution is 0.124. The zero-order valence-corrected chi connectivity index (χ0v) is 7.71. The molecule has 0 aromatic heterocycles. The van der Waals surface area contributed by atoms with Gasteiger partial charge in [-0.05, 0) is 17.2 Å². The van der Waals surface area contributed by atoms with E-state index in [0.717, 1.165) is 12.1 Å². The highest BCUT2D eigenvalue weighted by atomic mass is 16.6. The summed E-state index contributed by atoms with van der Waals surface area (Å²) in [6.07, 6.45) is 0. The molecule has 1 aromatic carbocycles. The normalized spacial score (nSPS) is 19.7. The highest BCUT2D eigenvalue weighted by Gasteiger charge is 2.17. The molecule has 0 saturated carbocycles. The molecule has 0 fully saturated rings. The van der Waals surface area contributed by atoms with E-state index >= 15 is 0 Å². The first-order valence-corrected chi connectivity index (χ1v) is 4.49. The summed E-state index contributed by atoms with van der Waals surface area (Å²) in [5.41, 5.74) is 3.73. The Balaban J connectivity index is 2.29. The van der Waals surface area contributed by atoms with Gasteiger partial charge >= 0.3 is 0 Å². The van der Waals surface area contributed by atoms with Gasteiger partial charge in [-0.2, -0.15) is 0 Å². The molecule has 1 unspecified atom stereocenters. The molecular weight excluding hydrogens is 164 g/mol. The van der Waals surface area contributed by atoms with Crippen molar-refractivity contribution < 1.29 is 4.84 Å². The number of anilines is 1. The van der Waals surface area contributed by atoms with Crippen LogP contribution >= 0.6 is 0 Å². The molecule has 13 heavy (non-hydrogen) atoms. The number of nitrogens with one attached hydrogen (secondary N) is 1. The fourth-order valence-electron chi connectivity index (χ4n) is 1.75. The van der Waals surface area contributed by atoms with Crippen molar-refractivity contribution >= 4 is 5.69 Å². The molecule has 70 valence electrons. The number of hydrogen-bond acceptors (Lipinski definition) is 3. The summed E-state index contributed by atoms with van der Waals surface area (Å²) in [5, 5.41) is 3.35. The third-order valence-corrected chi connectivity index (χ3v) is 2.50. The molecule has 1 heterocycles. The zero-order chi connectivity index (χ0) is 9.26. The van der Waals surface area contributed by atoms with Crippen molar-refractivity contribution in [2.75, 3.05) is 11.9 Å². The molecule has 2 rings (SSSR count). The minimum atomic E-state index is 0.476. The van der Waals surface area contributed by atoms with Gasteiger partial charge in [0.15, 0.2) is 0 Å². The van der Waals surface area contributed by atoms with E-state index in [4.69, 9.17) is 5.90 Å². The summed E-state index contributed by atoms with van der Waals surface area (Å²) >= 11 is 0. The van der Waals surface area contributed by atoms with E-state index in [1.165, 1.54) is 11.3 Å². The standard InChI is InChI=1S/C10H14N2O/c1-7-5-12-10-4-8(6-13-11)2-3-9(7)10/h2-4,7,12H,5-6,11H2,1H3. The van der Waals surface area contributed by atoms with Gasteiger partial charge in [0.25, 0.3) is 0 Å². The van der Waals surface area contributed by atoms with Crippen LogP contribution in [0.2, 0.25) is 0 Å². The van der Waals surface area contributed by atoms with Crippen molar-refractivity contribution in [2.24, 2.45) is 5.90 Å². The fraction of sp³-hybridized carbons (Fsp3) is 0.400. The molecular formula is C10H14N2O. The van der Waals surface area contributed by atoms with Crippen LogP contribution < -0.4 is 11.2 Å². The summed E-state index contributed by atoms with van der Waals surface area (Å²) in [7, 11) is 0. The topological polar surface area (TPSA) is 47.3 Å². The molecule has 0 amide bonds. The average molecular weight is 178 g/mol. The number of hydrogen-bond donors (Lipinski definition) is 2. The van der Waals surface area contributed by atoms with Gasteiger partial charge in [-0.3, -0.25) is 4.84 Å². The monoisotopic (exact) mass is 178 g/mol. The summed E-state index contributed by atoms with van der Waals surface area (Å²) in [6.45, 7) is 3.73. The summed E-state index contributed by atoms with van der Waals surface area (Å²) in [4.78, 5) is 4.59. The first kappa shape index (κ1) is 8.53. The molecule has 0 saturated heterocycles. The molecule has 0 spiro atoms. The van der Waals surface area contributed by atoms with E-state index in [1.54, 1.807) is 0 Å². The van der Waals surface area contributed by atoms with Gasteiger partial charge in [-0.1, -0.05) is 19.1 Å². The Morgan fingerprint density at radius 2 is 2.46 bits per heavy atom. The lowest BCUT2D eigenvalue weighted by Crippen LogP contribution is -1.99. The van der Waals surface area contributed by atoms with Gasteiger partial charge in [0, 0.05) is 18.2 Å². The predicted octanol–water partition coefficient (Wildman–Crippen LogP) is 1.61.